The second kappa shape index (κ2) is 5.93. The summed E-state index contributed by atoms with van der Waals surface area (Å²) >= 11 is 0. The van der Waals surface area contributed by atoms with E-state index in [1.165, 1.54) is 4.90 Å². The Balaban J connectivity index is 2.70. The van der Waals surface area contributed by atoms with Crippen LogP contribution in [0.15, 0.2) is 30.3 Å². The highest BCUT2D eigenvalue weighted by Gasteiger charge is 2.21. The second-order valence-corrected chi connectivity index (χ2v) is 5.28. The van der Waals surface area contributed by atoms with Crippen molar-refractivity contribution in [2.24, 2.45) is 0 Å². The number of hydrogen-bond donors (Lipinski definition) is 3. The first-order valence-electron chi connectivity index (χ1n) is 4.89. The largest absolute Gasteiger partial charge is 0.480 e. The number of carboxylic acid groups (broad SMARTS) is 1. The zero-order valence-electron chi connectivity index (χ0n) is 9.06. The zero-order valence-corrected chi connectivity index (χ0v) is 9.96. The molecule has 0 saturated carbocycles. The number of hydrogen-bond acceptors (Lipinski definition) is 3. The third-order valence-electron chi connectivity index (χ3n) is 1.99. The summed E-state index contributed by atoms with van der Waals surface area (Å²) in [4.78, 5) is 29.5. The van der Waals surface area contributed by atoms with Gasteiger partial charge in [-0.3, -0.25) is 14.3 Å². The molecule has 0 saturated heterocycles. The molecule has 0 radical (unpaired) electrons. The summed E-state index contributed by atoms with van der Waals surface area (Å²) in [5.41, 5.74) is 0.808. The Morgan fingerprint density at radius 2 is 1.82 bits per heavy atom. The van der Waals surface area contributed by atoms with Gasteiger partial charge >= 0.3 is 13.6 Å². The lowest BCUT2D eigenvalue weighted by molar-refractivity contribution is -0.138. The smallest absolute Gasteiger partial charge is 0.339 e. The summed E-state index contributed by atoms with van der Waals surface area (Å²) in [6, 6.07) is 8.93. The summed E-state index contributed by atoms with van der Waals surface area (Å²) in [6.45, 7) is -0.210. The van der Waals surface area contributed by atoms with E-state index in [-0.39, 0.29) is 6.54 Å². The number of aliphatic carboxylic acids is 1. The van der Waals surface area contributed by atoms with Crippen LogP contribution in [0.1, 0.15) is 5.56 Å². The van der Waals surface area contributed by atoms with Gasteiger partial charge in [0.2, 0.25) is 0 Å². The minimum Gasteiger partial charge on any atom is -0.480 e. The molecule has 0 atom stereocenters. The molecule has 3 N–H and O–H groups in total. The van der Waals surface area contributed by atoms with E-state index in [0.717, 1.165) is 5.56 Å². The quantitative estimate of drug-likeness (QED) is 0.651. The van der Waals surface area contributed by atoms with E-state index in [1.807, 2.05) is 6.07 Å². The van der Waals surface area contributed by atoms with Crippen LogP contribution in [0.2, 0.25) is 0 Å². The van der Waals surface area contributed by atoms with Gasteiger partial charge in [-0.05, 0) is 5.56 Å². The fourth-order valence-electron chi connectivity index (χ4n) is 1.45. The maximum absolute atomic E-state index is 10.9. The third kappa shape index (κ3) is 6.19. The van der Waals surface area contributed by atoms with Crippen LogP contribution < -0.4 is 0 Å². The SMILES string of the molecule is O=C(O)CN(Cc1ccccc1)CP(=O)(O)O. The van der Waals surface area contributed by atoms with Gasteiger partial charge < -0.3 is 14.9 Å². The fourth-order valence-corrected chi connectivity index (χ4v) is 2.17. The van der Waals surface area contributed by atoms with Crippen LogP contribution in [0.3, 0.4) is 0 Å². The van der Waals surface area contributed by atoms with Crippen molar-refractivity contribution in [2.45, 2.75) is 6.54 Å². The number of benzene rings is 1. The Morgan fingerprint density at radius 3 is 2.29 bits per heavy atom. The number of carboxylic acids is 1. The molecule has 0 aliphatic rings. The number of nitrogens with zero attached hydrogens (tertiary/aromatic N) is 1. The molecule has 6 nitrogen and oxygen atoms in total. The fraction of sp³-hybridized carbons (Fsp3) is 0.300. The van der Waals surface area contributed by atoms with Crippen molar-refractivity contribution in [1.82, 2.24) is 4.90 Å². The predicted molar refractivity (Wildman–Crippen MR) is 61.4 cm³/mol. The van der Waals surface area contributed by atoms with Gasteiger partial charge in [0.05, 0.1) is 6.54 Å². The topological polar surface area (TPSA) is 98.1 Å². The van der Waals surface area contributed by atoms with Crippen molar-refractivity contribution >= 4 is 13.6 Å². The van der Waals surface area contributed by atoms with Crippen molar-refractivity contribution in [3.05, 3.63) is 35.9 Å². The van der Waals surface area contributed by atoms with Crippen LogP contribution in [0.4, 0.5) is 0 Å². The summed E-state index contributed by atoms with van der Waals surface area (Å²) in [5, 5.41) is 8.66. The average molecular weight is 259 g/mol. The maximum Gasteiger partial charge on any atom is 0.339 e. The summed E-state index contributed by atoms with van der Waals surface area (Å²) in [5.74, 6) is -1.12. The van der Waals surface area contributed by atoms with E-state index in [1.54, 1.807) is 24.3 Å². The normalized spacial score (nSPS) is 11.7. The highest BCUT2D eigenvalue weighted by atomic mass is 31.2. The van der Waals surface area contributed by atoms with E-state index < -0.39 is 26.4 Å². The Morgan fingerprint density at radius 1 is 1.24 bits per heavy atom. The van der Waals surface area contributed by atoms with Crippen molar-refractivity contribution in [2.75, 3.05) is 12.8 Å². The molecule has 17 heavy (non-hydrogen) atoms. The van der Waals surface area contributed by atoms with Gasteiger partial charge in [-0.25, -0.2) is 0 Å². The minimum absolute atomic E-state index is 0.193. The Labute approximate surface area is 98.7 Å². The average Bonchev–Trinajstić information content (AvgIpc) is 2.15. The molecule has 0 bridgehead atoms. The molecule has 94 valence electrons. The standard InChI is InChI=1S/C10H14NO5P/c12-10(13)7-11(8-17(14,15)16)6-9-4-2-1-3-5-9/h1-5H,6-8H2,(H,12,13)(H2,14,15,16). The van der Waals surface area contributed by atoms with Crippen LogP contribution in [-0.2, 0) is 15.9 Å². The Kier molecular flexibility index (Phi) is 4.84. The highest BCUT2D eigenvalue weighted by molar-refractivity contribution is 7.51. The van der Waals surface area contributed by atoms with Gasteiger partial charge in [0, 0.05) is 6.54 Å². The first-order chi connectivity index (χ1) is 7.87. The number of rotatable bonds is 6. The molecule has 0 fully saturated rings. The lowest BCUT2D eigenvalue weighted by atomic mass is 10.2. The van der Waals surface area contributed by atoms with Gasteiger partial charge in [0.15, 0.2) is 0 Å². The van der Waals surface area contributed by atoms with Gasteiger partial charge in [-0.2, -0.15) is 0 Å². The predicted octanol–water partition coefficient (Wildman–Crippen LogP) is 0.708. The number of carbonyl (C=O) groups is 1. The summed E-state index contributed by atoms with van der Waals surface area (Å²) < 4.78 is 10.9. The van der Waals surface area contributed by atoms with E-state index in [9.17, 15) is 9.36 Å². The van der Waals surface area contributed by atoms with Crippen LogP contribution in [-0.4, -0.2) is 38.6 Å². The molecular weight excluding hydrogens is 245 g/mol. The van der Waals surface area contributed by atoms with Gasteiger partial charge in [-0.1, -0.05) is 30.3 Å². The molecule has 1 aromatic rings. The van der Waals surface area contributed by atoms with Crippen LogP contribution in [0.5, 0.6) is 0 Å². The summed E-state index contributed by atoms with van der Waals surface area (Å²) in [6.07, 6.45) is -0.561. The van der Waals surface area contributed by atoms with Crippen molar-refractivity contribution < 1.29 is 24.3 Å². The van der Waals surface area contributed by atoms with E-state index in [2.05, 4.69) is 0 Å². The molecule has 0 amide bonds. The molecule has 0 aliphatic heterocycles. The third-order valence-corrected chi connectivity index (χ3v) is 2.76. The maximum atomic E-state index is 10.9. The molecule has 1 aromatic carbocycles. The minimum atomic E-state index is -4.25. The first-order valence-corrected chi connectivity index (χ1v) is 6.69. The Bertz CT molecular complexity index is 416. The van der Waals surface area contributed by atoms with Crippen LogP contribution >= 0.6 is 7.60 Å². The van der Waals surface area contributed by atoms with Crippen molar-refractivity contribution in [3.63, 3.8) is 0 Å². The monoisotopic (exact) mass is 259 g/mol. The van der Waals surface area contributed by atoms with Crippen molar-refractivity contribution in [3.8, 4) is 0 Å². The molecule has 0 aromatic heterocycles. The molecule has 1 rings (SSSR count). The van der Waals surface area contributed by atoms with Crippen LogP contribution in [0, 0.1) is 0 Å². The van der Waals surface area contributed by atoms with Crippen molar-refractivity contribution in [1.29, 1.82) is 0 Å². The molecule has 0 aliphatic carbocycles. The van der Waals surface area contributed by atoms with Gasteiger partial charge in [0.1, 0.15) is 6.29 Å². The second-order valence-electron chi connectivity index (χ2n) is 3.67. The molecular formula is C10H14NO5P. The molecule has 0 heterocycles. The molecule has 0 unspecified atom stereocenters. The van der Waals surface area contributed by atoms with E-state index >= 15 is 0 Å². The van der Waals surface area contributed by atoms with E-state index in [4.69, 9.17) is 14.9 Å². The molecule has 0 spiro atoms. The molecule has 7 heteroatoms. The Hall–Kier alpha value is -1.20. The highest BCUT2D eigenvalue weighted by Crippen LogP contribution is 2.35. The lowest BCUT2D eigenvalue weighted by Crippen LogP contribution is -2.30. The van der Waals surface area contributed by atoms with Crippen LogP contribution in [0.25, 0.3) is 0 Å². The van der Waals surface area contributed by atoms with Gasteiger partial charge in [-0.15, -0.1) is 0 Å². The first kappa shape index (κ1) is 13.9. The zero-order chi connectivity index (χ0) is 12.9. The van der Waals surface area contributed by atoms with E-state index in [0.29, 0.717) is 0 Å². The van der Waals surface area contributed by atoms with Gasteiger partial charge in [0.25, 0.3) is 0 Å². The lowest BCUT2D eigenvalue weighted by Gasteiger charge is -2.20. The summed E-state index contributed by atoms with van der Waals surface area (Å²) in [7, 11) is -4.25.